The summed E-state index contributed by atoms with van der Waals surface area (Å²) in [7, 11) is -3.34. The number of para-hydroxylation sites is 1. The van der Waals surface area contributed by atoms with Crippen molar-refractivity contribution in [3.8, 4) is 0 Å². The summed E-state index contributed by atoms with van der Waals surface area (Å²) in [5.41, 5.74) is 5.97. The van der Waals surface area contributed by atoms with Crippen molar-refractivity contribution in [2.45, 2.75) is 44.0 Å². The lowest BCUT2D eigenvalue weighted by Gasteiger charge is -2.11. The largest absolute Gasteiger partial charge is 0.328 e. The van der Waals surface area contributed by atoms with Gasteiger partial charge in [0, 0.05) is 12.5 Å². The molecule has 0 aliphatic carbocycles. The monoisotopic (exact) mass is 298 g/mol. The second-order valence-corrected chi connectivity index (χ2v) is 7.06. The van der Waals surface area contributed by atoms with E-state index in [1.807, 2.05) is 6.92 Å². The van der Waals surface area contributed by atoms with E-state index in [1.165, 1.54) is 6.07 Å². The van der Waals surface area contributed by atoms with E-state index in [-0.39, 0.29) is 22.6 Å². The highest BCUT2D eigenvalue weighted by Gasteiger charge is 2.17. The van der Waals surface area contributed by atoms with Crippen LogP contribution >= 0.6 is 0 Å². The summed E-state index contributed by atoms with van der Waals surface area (Å²) in [6.07, 6.45) is 1.79. The summed E-state index contributed by atoms with van der Waals surface area (Å²) >= 11 is 0. The van der Waals surface area contributed by atoms with Crippen LogP contribution in [0.3, 0.4) is 0 Å². The van der Waals surface area contributed by atoms with Crippen molar-refractivity contribution in [2.75, 3.05) is 11.1 Å². The van der Waals surface area contributed by atoms with Crippen LogP contribution in [0.15, 0.2) is 29.2 Å². The van der Waals surface area contributed by atoms with E-state index in [1.54, 1.807) is 25.1 Å². The quantitative estimate of drug-likeness (QED) is 0.805. The predicted octanol–water partition coefficient (Wildman–Crippen LogP) is 1.94. The molecule has 0 heterocycles. The minimum absolute atomic E-state index is 0.00454. The SMILES string of the molecule is CCS(=O)(=O)c1ccccc1NC(=O)CCCC(C)N. The Balaban J connectivity index is 2.76. The van der Waals surface area contributed by atoms with E-state index in [4.69, 9.17) is 5.73 Å². The first-order chi connectivity index (χ1) is 9.36. The first-order valence-electron chi connectivity index (χ1n) is 6.74. The van der Waals surface area contributed by atoms with Gasteiger partial charge in [0.1, 0.15) is 0 Å². The van der Waals surface area contributed by atoms with Crippen LogP contribution in [0.2, 0.25) is 0 Å². The maximum Gasteiger partial charge on any atom is 0.224 e. The van der Waals surface area contributed by atoms with Gasteiger partial charge in [-0.15, -0.1) is 0 Å². The smallest absolute Gasteiger partial charge is 0.224 e. The fraction of sp³-hybridized carbons (Fsp3) is 0.500. The molecule has 5 nitrogen and oxygen atoms in total. The molecule has 0 bridgehead atoms. The van der Waals surface area contributed by atoms with E-state index in [9.17, 15) is 13.2 Å². The van der Waals surface area contributed by atoms with Gasteiger partial charge >= 0.3 is 0 Å². The van der Waals surface area contributed by atoms with Crippen LogP contribution < -0.4 is 11.1 Å². The lowest BCUT2D eigenvalue weighted by molar-refractivity contribution is -0.116. The zero-order valence-corrected chi connectivity index (χ0v) is 12.7. The Morgan fingerprint density at radius 2 is 2.00 bits per heavy atom. The second-order valence-electron chi connectivity index (χ2n) is 4.82. The standard InChI is InChI=1S/C14H22N2O3S/c1-3-20(18,19)13-9-5-4-8-12(13)16-14(17)10-6-7-11(2)15/h4-5,8-9,11H,3,6-7,10,15H2,1-2H3,(H,16,17). The third-order valence-electron chi connectivity index (χ3n) is 2.94. The third-order valence-corrected chi connectivity index (χ3v) is 4.73. The lowest BCUT2D eigenvalue weighted by Crippen LogP contribution is -2.18. The van der Waals surface area contributed by atoms with Gasteiger partial charge in [0.15, 0.2) is 9.84 Å². The number of carbonyl (C=O) groups excluding carboxylic acids is 1. The van der Waals surface area contributed by atoms with Gasteiger partial charge in [-0.1, -0.05) is 19.1 Å². The molecular formula is C14H22N2O3S. The minimum Gasteiger partial charge on any atom is -0.328 e. The van der Waals surface area contributed by atoms with Gasteiger partial charge in [-0.05, 0) is 31.9 Å². The molecule has 0 aliphatic heterocycles. The number of sulfone groups is 1. The molecule has 1 unspecified atom stereocenters. The number of carbonyl (C=O) groups is 1. The van der Waals surface area contributed by atoms with Crippen LogP contribution in [-0.4, -0.2) is 26.1 Å². The summed E-state index contributed by atoms with van der Waals surface area (Å²) in [5.74, 6) is -0.186. The molecule has 20 heavy (non-hydrogen) atoms. The average Bonchev–Trinajstić information content (AvgIpc) is 2.38. The van der Waals surface area contributed by atoms with Gasteiger partial charge in [0.2, 0.25) is 5.91 Å². The average molecular weight is 298 g/mol. The van der Waals surface area contributed by atoms with Crippen molar-refractivity contribution in [3.05, 3.63) is 24.3 Å². The summed E-state index contributed by atoms with van der Waals surface area (Å²) < 4.78 is 23.9. The fourth-order valence-electron chi connectivity index (χ4n) is 1.79. The van der Waals surface area contributed by atoms with Crippen molar-refractivity contribution in [1.82, 2.24) is 0 Å². The van der Waals surface area contributed by atoms with E-state index in [0.29, 0.717) is 18.5 Å². The molecule has 1 atom stereocenters. The van der Waals surface area contributed by atoms with Gasteiger partial charge in [-0.2, -0.15) is 0 Å². The molecule has 0 radical (unpaired) electrons. The molecule has 1 rings (SSSR count). The molecule has 0 aliphatic rings. The Morgan fingerprint density at radius 3 is 2.60 bits per heavy atom. The molecule has 3 N–H and O–H groups in total. The Hall–Kier alpha value is -1.40. The van der Waals surface area contributed by atoms with Crippen molar-refractivity contribution in [1.29, 1.82) is 0 Å². The van der Waals surface area contributed by atoms with Crippen molar-refractivity contribution < 1.29 is 13.2 Å². The van der Waals surface area contributed by atoms with Gasteiger partial charge in [-0.25, -0.2) is 8.42 Å². The van der Waals surface area contributed by atoms with Crippen LogP contribution in [0.25, 0.3) is 0 Å². The summed E-state index contributed by atoms with van der Waals surface area (Å²) in [5, 5.41) is 2.67. The molecule has 1 aromatic carbocycles. The molecular weight excluding hydrogens is 276 g/mol. The highest BCUT2D eigenvalue weighted by atomic mass is 32.2. The minimum atomic E-state index is -3.34. The summed E-state index contributed by atoms with van der Waals surface area (Å²) in [4.78, 5) is 12.0. The van der Waals surface area contributed by atoms with E-state index < -0.39 is 9.84 Å². The predicted molar refractivity (Wildman–Crippen MR) is 80.3 cm³/mol. The van der Waals surface area contributed by atoms with Crippen LogP contribution in [0, 0.1) is 0 Å². The zero-order valence-electron chi connectivity index (χ0n) is 11.9. The van der Waals surface area contributed by atoms with Crippen molar-refractivity contribution in [2.24, 2.45) is 5.73 Å². The van der Waals surface area contributed by atoms with E-state index in [0.717, 1.165) is 6.42 Å². The molecule has 0 aromatic heterocycles. The number of nitrogens with one attached hydrogen (secondary N) is 1. The summed E-state index contributed by atoms with van der Waals surface area (Å²) in [6.45, 7) is 3.47. The Kier molecular flexibility index (Phi) is 6.16. The molecule has 0 spiro atoms. The van der Waals surface area contributed by atoms with Gasteiger partial charge in [0.25, 0.3) is 0 Å². The van der Waals surface area contributed by atoms with Crippen LogP contribution in [0.5, 0.6) is 0 Å². The number of hydrogen-bond acceptors (Lipinski definition) is 4. The number of benzene rings is 1. The number of nitrogens with two attached hydrogens (primary N) is 1. The molecule has 6 heteroatoms. The molecule has 1 amide bonds. The van der Waals surface area contributed by atoms with Gasteiger partial charge in [-0.3, -0.25) is 4.79 Å². The van der Waals surface area contributed by atoms with Gasteiger partial charge in [0.05, 0.1) is 16.3 Å². The van der Waals surface area contributed by atoms with Crippen LogP contribution in [-0.2, 0) is 14.6 Å². The third kappa shape index (κ3) is 4.94. The number of hydrogen-bond donors (Lipinski definition) is 2. The Morgan fingerprint density at radius 1 is 1.35 bits per heavy atom. The maximum atomic E-state index is 11.9. The van der Waals surface area contributed by atoms with Crippen molar-refractivity contribution >= 4 is 21.4 Å². The molecule has 0 fully saturated rings. The molecule has 0 saturated carbocycles. The number of anilines is 1. The first kappa shape index (κ1) is 16.7. The molecule has 0 saturated heterocycles. The zero-order chi connectivity index (χ0) is 15.2. The number of amides is 1. The summed E-state index contributed by atoms with van der Waals surface area (Å²) in [6, 6.07) is 6.53. The first-order valence-corrected chi connectivity index (χ1v) is 8.39. The number of rotatable bonds is 7. The Bertz CT molecular complexity index is 553. The van der Waals surface area contributed by atoms with Crippen LogP contribution in [0.1, 0.15) is 33.1 Å². The molecule has 112 valence electrons. The van der Waals surface area contributed by atoms with E-state index >= 15 is 0 Å². The van der Waals surface area contributed by atoms with Crippen molar-refractivity contribution in [3.63, 3.8) is 0 Å². The Labute approximate surface area is 120 Å². The second kappa shape index (κ2) is 7.40. The lowest BCUT2D eigenvalue weighted by atomic mass is 10.1. The highest BCUT2D eigenvalue weighted by Crippen LogP contribution is 2.22. The highest BCUT2D eigenvalue weighted by molar-refractivity contribution is 7.91. The molecule has 1 aromatic rings. The van der Waals surface area contributed by atoms with Crippen LogP contribution in [0.4, 0.5) is 5.69 Å². The normalized spacial score (nSPS) is 12.9. The maximum absolute atomic E-state index is 11.9. The topological polar surface area (TPSA) is 89.3 Å². The van der Waals surface area contributed by atoms with Gasteiger partial charge < -0.3 is 11.1 Å². The fourth-order valence-corrected chi connectivity index (χ4v) is 2.84. The van der Waals surface area contributed by atoms with E-state index in [2.05, 4.69) is 5.32 Å².